The number of rotatable bonds is 18. The molecular formula is C44H48N6O10S. The van der Waals surface area contributed by atoms with Crippen molar-refractivity contribution in [1.82, 2.24) is 24.4 Å². The van der Waals surface area contributed by atoms with E-state index in [1.165, 1.54) is 17.2 Å². The Morgan fingerprint density at radius 3 is 2.15 bits per heavy atom. The third kappa shape index (κ3) is 9.36. The number of H-pyrrole nitrogens is 1. The monoisotopic (exact) mass is 852 g/mol. The summed E-state index contributed by atoms with van der Waals surface area (Å²) in [4.78, 5) is 30.6. The number of benzene rings is 4. The number of hydrogen-bond donors (Lipinski definition) is 2. The SMILES string of the molecule is COc1ccc(C(OC[C@H]2O[C@@H](n3cnc4c(=O)[nH]c(N=CN(C)C)nc43)[C@H](O)[C@@H]2OCOCCS(=O)(=O)c2ccc(C)cc2)(c2ccccc2)c2ccc(OC)cc2)cc1. The molecule has 1 aliphatic heterocycles. The van der Waals surface area contributed by atoms with E-state index in [0.717, 1.165) is 22.3 Å². The van der Waals surface area contributed by atoms with Gasteiger partial charge in [0.15, 0.2) is 27.2 Å². The average molecular weight is 853 g/mol. The fraction of sp³-hybridized carbons (Fsp3) is 0.318. The zero-order valence-corrected chi connectivity index (χ0v) is 35.2. The van der Waals surface area contributed by atoms with Gasteiger partial charge in [0.1, 0.15) is 42.2 Å². The van der Waals surface area contributed by atoms with Crippen LogP contribution in [0.2, 0.25) is 0 Å². The quantitative estimate of drug-likeness (QED) is 0.0396. The second-order valence-electron chi connectivity index (χ2n) is 14.6. The predicted octanol–water partition coefficient (Wildman–Crippen LogP) is 4.77. The lowest BCUT2D eigenvalue weighted by atomic mass is 9.80. The van der Waals surface area contributed by atoms with Gasteiger partial charge in [0.25, 0.3) is 5.56 Å². The van der Waals surface area contributed by atoms with E-state index in [0.29, 0.717) is 11.5 Å². The fourth-order valence-electron chi connectivity index (χ4n) is 7.12. The number of methoxy groups -OCH3 is 2. The molecule has 1 fully saturated rings. The molecule has 7 rings (SSSR count). The number of aromatic nitrogens is 4. The summed E-state index contributed by atoms with van der Waals surface area (Å²) < 4.78 is 64.1. The van der Waals surface area contributed by atoms with E-state index in [4.69, 9.17) is 28.4 Å². The maximum atomic E-state index is 13.1. The second kappa shape index (κ2) is 18.8. The molecule has 1 aliphatic rings. The highest BCUT2D eigenvalue weighted by Crippen LogP contribution is 2.43. The minimum absolute atomic E-state index is 0.0111. The van der Waals surface area contributed by atoms with Crippen molar-refractivity contribution in [3.8, 4) is 11.5 Å². The Morgan fingerprint density at radius 1 is 0.918 bits per heavy atom. The van der Waals surface area contributed by atoms with Gasteiger partial charge in [-0.1, -0.05) is 72.3 Å². The number of sulfone groups is 1. The van der Waals surface area contributed by atoms with Crippen LogP contribution >= 0.6 is 0 Å². The van der Waals surface area contributed by atoms with E-state index < -0.39 is 45.5 Å². The van der Waals surface area contributed by atoms with Crippen molar-refractivity contribution >= 4 is 33.3 Å². The molecule has 0 spiro atoms. The highest BCUT2D eigenvalue weighted by atomic mass is 32.2. The van der Waals surface area contributed by atoms with Crippen molar-refractivity contribution in [1.29, 1.82) is 0 Å². The molecule has 0 unspecified atom stereocenters. The van der Waals surface area contributed by atoms with Gasteiger partial charge in [0.2, 0.25) is 5.95 Å². The van der Waals surface area contributed by atoms with Gasteiger partial charge < -0.3 is 38.4 Å². The molecule has 2 N–H and O–H groups in total. The summed E-state index contributed by atoms with van der Waals surface area (Å²) >= 11 is 0. The molecule has 61 heavy (non-hydrogen) atoms. The highest BCUT2D eigenvalue weighted by Gasteiger charge is 2.48. The first-order chi connectivity index (χ1) is 29.4. The van der Waals surface area contributed by atoms with E-state index in [-0.39, 0.29) is 47.8 Å². The lowest BCUT2D eigenvalue weighted by Crippen LogP contribution is -2.41. The molecule has 0 amide bonds. The largest absolute Gasteiger partial charge is 0.497 e. The Hall–Kier alpha value is -5.95. The number of aliphatic imine (C=N–C) groups is 1. The molecule has 0 bridgehead atoms. The molecule has 0 radical (unpaired) electrons. The normalized spacial score (nSPS) is 18.2. The molecule has 1 saturated heterocycles. The van der Waals surface area contributed by atoms with Crippen LogP contribution in [0.1, 0.15) is 28.5 Å². The van der Waals surface area contributed by atoms with Gasteiger partial charge in [-0.05, 0) is 60.0 Å². The molecule has 6 aromatic rings. The number of nitrogens with zero attached hydrogens (tertiary/aromatic N) is 5. The number of aliphatic hydroxyl groups excluding tert-OH is 1. The molecule has 0 aliphatic carbocycles. The van der Waals surface area contributed by atoms with E-state index in [1.54, 1.807) is 57.5 Å². The number of aliphatic hydroxyl groups is 1. The minimum atomic E-state index is -3.63. The summed E-state index contributed by atoms with van der Waals surface area (Å²) in [6, 6.07) is 31.4. The van der Waals surface area contributed by atoms with Crippen LogP contribution in [0.4, 0.5) is 5.95 Å². The molecule has 320 valence electrons. The lowest BCUT2D eigenvalue weighted by molar-refractivity contribution is -0.141. The van der Waals surface area contributed by atoms with Crippen molar-refractivity contribution < 1.29 is 41.9 Å². The van der Waals surface area contributed by atoms with E-state index in [1.807, 2.05) is 85.8 Å². The van der Waals surface area contributed by atoms with Crippen LogP contribution < -0.4 is 15.0 Å². The summed E-state index contributed by atoms with van der Waals surface area (Å²) in [6.07, 6.45) is -1.77. The predicted molar refractivity (Wildman–Crippen MR) is 227 cm³/mol. The molecule has 4 aromatic carbocycles. The first kappa shape index (κ1) is 43.1. The van der Waals surface area contributed by atoms with Crippen molar-refractivity contribution in [3.05, 3.63) is 142 Å². The van der Waals surface area contributed by atoms with Gasteiger partial charge in [0.05, 0.1) is 50.7 Å². The summed E-state index contributed by atoms with van der Waals surface area (Å²) in [6.45, 7) is 1.17. The molecule has 16 nitrogen and oxygen atoms in total. The van der Waals surface area contributed by atoms with Crippen LogP contribution in [-0.4, -0.2) is 117 Å². The van der Waals surface area contributed by atoms with Gasteiger partial charge in [-0.2, -0.15) is 4.98 Å². The van der Waals surface area contributed by atoms with Gasteiger partial charge in [-0.25, -0.2) is 18.4 Å². The summed E-state index contributed by atoms with van der Waals surface area (Å²) in [5.74, 6) is 1.04. The van der Waals surface area contributed by atoms with Crippen molar-refractivity contribution in [2.45, 2.75) is 42.0 Å². The van der Waals surface area contributed by atoms with Crippen LogP contribution in [0.25, 0.3) is 11.2 Å². The highest BCUT2D eigenvalue weighted by molar-refractivity contribution is 7.91. The average Bonchev–Trinajstić information content (AvgIpc) is 3.84. The Morgan fingerprint density at radius 2 is 1.54 bits per heavy atom. The first-order valence-electron chi connectivity index (χ1n) is 19.4. The van der Waals surface area contributed by atoms with Crippen molar-refractivity contribution in [2.75, 3.05) is 54.1 Å². The molecule has 17 heteroatoms. The second-order valence-corrected chi connectivity index (χ2v) is 16.7. The zero-order valence-electron chi connectivity index (χ0n) is 34.4. The summed E-state index contributed by atoms with van der Waals surface area (Å²) in [5, 5.41) is 12.0. The summed E-state index contributed by atoms with van der Waals surface area (Å²) in [7, 11) is 3.11. The Bertz CT molecular complexity index is 2540. The van der Waals surface area contributed by atoms with Gasteiger partial charge in [-0.15, -0.1) is 0 Å². The number of nitrogens with one attached hydrogen (secondary N) is 1. The standard InChI is InChI=1S/C44H48N6O10S/c1-29-11-21-35(22-12-29)61(53,54)24-23-57-28-58-39-36(60-42(38(39)51)50-27-45-37-40(50)47-43(48-41(37)52)46-26-49(2)3)25-59-44(30-9-7-6-8-10-30,31-13-17-33(55-4)18-14-31)32-15-19-34(56-5)20-16-32/h6-22,26-27,36,38-39,42,51H,23-25,28H2,1-5H3,(H,47,48,52)/t36-,38-,39-,42-/m1/s1. The maximum Gasteiger partial charge on any atom is 0.280 e. The minimum Gasteiger partial charge on any atom is -0.497 e. The number of hydrogen-bond acceptors (Lipinski definition) is 13. The molecule has 2 aromatic heterocycles. The molecular weight excluding hydrogens is 805 g/mol. The van der Waals surface area contributed by atoms with Crippen LogP contribution in [0.5, 0.6) is 11.5 Å². The Kier molecular flexibility index (Phi) is 13.3. The molecule has 0 saturated carbocycles. The van der Waals surface area contributed by atoms with E-state index in [9.17, 15) is 18.3 Å². The Balaban J connectivity index is 1.22. The van der Waals surface area contributed by atoms with E-state index >= 15 is 0 Å². The lowest BCUT2D eigenvalue weighted by Gasteiger charge is -2.37. The molecule has 4 atom stereocenters. The van der Waals surface area contributed by atoms with Gasteiger partial charge in [-0.3, -0.25) is 14.3 Å². The van der Waals surface area contributed by atoms with Crippen LogP contribution in [0.3, 0.4) is 0 Å². The number of imidazole rings is 1. The van der Waals surface area contributed by atoms with Crippen molar-refractivity contribution in [3.63, 3.8) is 0 Å². The number of ether oxygens (including phenoxy) is 6. The number of aryl methyl sites for hydroxylation is 1. The topological polar surface area (TPSA) is 189 Å². The third-order valence-corrected chi connectivity index (χ3v) is 12.0. The first-order valence-corrected chi connectivity index (χ1v) is 21.1. The third-order valence-electron chi connectivity index (χ3n) is 10.3. The summed E-state index contributed by atoms with van der Waals surface area (Å²) in [5.41, 5.74) is 1.63. The fourth-order valence-corrected chi connectivity index (χ4v) is 8.24. The van der Waals surface area contributed by atoms with Gasteiger partial charge in [0, 0.05) is 14.1 Å². The van der Waals surface area contributed by atoms with E-state index in [2.05, 4.69) is 19.9 Å². The van der Waals surface area contributed by atoms with Crippen LogP contribution in [-0.2, 0) is 34.4 Å². The maximum absolute atomic E-state index is 13.1. The Labute approximate surface area is 353 Å². The van der Waals surface area contributed by atoms with Crippen LogP contribution in [0.15, 0.2) is 124 Å². The molecule has 3 heterocycles. The number of aromatic amines is 1. The van der Waals surface area contributed by atoms with Gasteiger partial charge >= 0.3 is 0 Å². The number of fused-ring (bicyclic) bond motifs is 1. The smallest absolute Gasteiger partial charge is 0.280 e. The zero-order chi connectivity index (χ0) is 43.1. The van der Waals surface area contributed by atoms with Crippen molar-refractivity contribution in [2.24, 2.45) is 4.99 Å². The van der Waals surface area contributed by atoms with Crippen LogP contribution in [0, 0.1) is 6.92 Å².